The molecular weight excluding hydrogens is 238 g/mol. The molecule has 19 heavy (non-hydrogen) atoms. The molecular formula is C15H19N3O. The molecule has 4 nitrogen and oxygen atoms in total. The molecule has 0 saturated carbocycles. The van der Waals surface area contributed by atoms with Crippen LogP contribution >= 0.6 is 0 Å². The van der Waals surface area contributed by atoms with Crippen LogP contribution in [0.3, 0.4) is 0 Å². The van der Waals surface area contributed by atoms with Gasteiger partial charge in [-0.25, -0.2) is 0 Å². The van der Waals surface area contributed by atoms with Crippen LogP contribution in [0.4, 0.5) is 5.82 Å². The SMILES string of the molecule is Cn1nc(-c2cccc3c2OC(C)(C)CC3)cc1N. The molecule has 1 aromatic carbocycles. The van der Waals surface area contributed by atoms with Gasteiger partial charge < -0.3 is 10.5 Å². The Bertz CT molecular complexity index is 609. The molecule has 1 aromatic heterocycles. The molecule has 0 fully saturated rings. The van der Waals surface area contributed by atoms with Crippen LogP contribution in [0.1, 0.15) is 25.8 Å². The third-order valence-electron chi connectivity index (χ3n) is 3.66. The minimum absolute atomic E-state index is 0.122. The third kappa shape index (κ3) is 2.07. The van der Waals surface area contributed by atoms with E-state index in [0.717, 1.165) is 29.8 Å². The number of hydrogen-bond donors (Lipinski definition) is 1. The normalized spacial score (nSPS) is 16.8. The van der Waals surface area contributed by atoms with Gasteiger partial charge in [-0.3, -0.25) is 4.68 Å². The first-order valence-corrected chi connectivity index (χ1v) is 6.57. The number of aryl methyl sites for hydroxylation is 2. The number of ether oxygens (including phenoxy) is 1. The maximum Gasteiger partial charge on any atom is 0.132 e. The van der Waals surface area contributed by atoms with Crippen molar-refractivity contribution in [2.45, 2.75) is 32.3 Å². The van der Waals surface area contributed by atoms with Crippen molar-refractivity contribution in [3.8, 4) is 17.0 Å². The number of fused-ring (bicyclic) bond motifs is 1. The lowest BCUT2D eigenvalue weighted by atomic mass is 9.92. The molecule has 1 aliphatic rings. The van der Waals surface area contributed by atoms with Crippen LogP contribution in [0.5, 0.6) is 5.75 Å². The Morgan fingerprint density at radius 1 is 1.37 bits per heavy atom. The van der Waals surface area contributed by atoms with Crippen LogP contribution in [-0.2, 0) is 13.5 Å². The van der Waals surface area contributed by atoms with Crippen molar-refractivity contribution in [3.05, 3.63) is 29.8 Å². The summed E-state index contributed by atoms with van der Waals surface area (Å²) < 4.78 is 7.85. The van der Waals surface area contributed by atoms with Gasteiger partial charge in [0.15, 0.2) is 0 Å². The second-order valence-corrected chi connectivity index (χ2v) is 5.73. The van der Waals surface area contributed by atoms with E-state index in [1.165, 1.54) is 5.56 Å². The highest BCUT2D eigenvalue weighted by Crippen LogP contribution is 2.40. The molecule has 3 rings (SSSR count). The summed E-state index contributed by atoms with van der Waals surface area (Å²) in [4.78, 5) is 0. The first-order chi connectivity index (χ1) is 8.96. The number of hydrogen-bond acceptors (Lipinski definition) is 3. The molecule has 0 spiro atoms. The van der Waals surface area contributed by atoms with Gasteiger partial charge in [0, 0.05) is 18.7 Å². The minimum Gasteiger partial charge on any atom is -0.487 e. The zero-order valence-corrected chi connectivity index (χ0v) is 11.6. The average Bonchev–Trinajstić information content (AvgIpc) is 2.67. The van der Waals surface area contributed by atoms with Crippen molar-refractivity contribution in [1.82, 2.24) is 9.78 Å². The number of rotatable bonds is 1. The first kappa shape index (κ1) is 12.1. The summed E-state index contributed by atoms with van der Waals surface area (Å²) in [5.41, 5.74) is 8.89. The zero-order valence-electron chi connectivity index (χ0n) is 11.6. The number of anilines is 1. The van der Waals surface area contributed by atoms with Crippen molar-refractivity contribution in [3.63, 3.8) is 0 Å². The van der Waals surface area contributed by atoms with Gasteiger partial charge in [0.1, 0.15) is 17.2 Å². The summed E-state index contributed by atoms with van der Waals surface area (Å²) in [6.07, 6.45) is 2.08. The monoisotopic (exact) mass is 257 g/mol. The lowest BCUT2D eigenvalue weighted by molar-refractivity contribution is 0.0854. The van der Waals surface area contributed by atoms with E-state index >= 15 is 0 Å². The molecule has 2 N–H and O–H groups in total. The van der Waals surface area contributed by atoms with Crippen molar-refractivity contribution >= 4 is 5.82 Å². The van der Waals surface area contributed by atoms with Gasteiger partial charge in [0.05, 0.1) is 5.69 Å². The predicted octanol–water partition coefficient (Wildman–Crippen LogP) is 2.77. The molecule has 0 unspecified atom stereocenters. The topological polar surface area (TPSA) is 53.1 Å². The quantitative estimate of drug-likeness (QED) is 0.854. The van der Waals surface area contributed by atoms with E-state index < -0.39 is 0 Å². The van der Waals surface area contributed by atoms with Crippen molar-refractivity contribution in [2.24, 2.45) is 7.05 Å². The fourth-order valence-electron chi connectivity index (χ4n) is 2.48. The summed E-state index contributed by atoms with van der Waals surface area (Å²) >= 11 is 0. The molecule has 2 heterocycles. The maximum atomic E-state index is 6.16. The van der Waals surface area contributed by atoms with Gasteiger partial charge >= 0.3 is 0 Å². The van der Waals surface area contributed by atoms with E-state index in [0.29, 0.717) is 5.82 Å². The summed E-state index contributed by atoms with van der Waals surface area (Å²) in [7, 11) is 1.85. The van der Waals surface area contributed by atoms with Crippen LogP contribution in [0.15, 0.2) is 24.3 Å². The Kier molecular flexibility index (Phi) is 2.55. The van der Waals surface area contributed by atoms with Crippen LogP contribution in [0.25, 0.3) is 11.3 Å². The van der Waals surface area contributed by atoms with E-state index in [-0.39, 0.29) is 5.60 Å². The molecule has 0 radical (unpaired) electrons. The molecule has 0 aliphatic carbocycles. The standard InChI is InChI=1S/C15H19N3O/c1-15(2)8-7-10-5-4-6-11(14(10)19-15)12-9-13(16)18(3)17-12/h4-6,9H,7-8,16H2,1-3H3. The summed E-state index contributed by atoms with van der Waals surface area (Å²) in [6.45, 7) is 4.25. The number of nitrogens with two attached hydrogens (primary N) is 1. The van der Waals surface area contributed by atoms with E-state index in [1.807, 2.05) is 19.2 Å². The molecule has 0 amide bonds. The fraction of sp³-hybridized carbons (Fsp3) is 0.400. The Hall–Kier alpha value is -1.97. The largest absolute Gasteiger partial charge is 0.487 e. The predicted molar refractivity (Wildman–Crippen MR) is 76.1 cm³/mol. The zero-order chi connectivity index (χ0) is 13.6. The lowest BCUT2D eigenvalue weighted by Crippen LogP contribution is -2.32. The Morgan fingerprint density at radius 3 is 2.84 bits per heavy atom. The van der Waals surface area contributed by atoms with Gasteiger partial charge in [-0.2, -0.15) is 5.10 Å². The molecule has 100 valence electrons. The second-order valence-electron chi connectivity index (χ2n) is 5.73. The van der Waals surface area contributed by atoms with E-state index in [2.05, 4.69) is 31.1 Å². The average molecular weight is 257 g/mol. The summed E-state index contributed by atoms with van der Waals surface area (Å²) in [5.74, 6) is 1.61. The number of nitrogens with zero attached hydrogens (tertiary/aromatic N) is 2. The highest BCUT2D eigenvalue weighted by Gasteiger charge is 2.28. The summed E-state index contributed by atoms with van der Waals surface area (Å²) in [5, 5.41) is 4.45. The maximum absolute atomic E-state index is 6.16. The molecule has 0 atom stereocenters. The number of benzene rings is 1. The Labute approximate surface area is 113 Å². The molecule has 1 aliphatic heterocycles. The molecule has 0 saturated heterocycles. The summed E-state index contributed by atoms with van der Waals surface area (Å²) in [6, 6.07) is 8.11. The molecule has 4 heteroatoms. The highest BCUT2D eigenvalue weighted by molar-refractivity contribution is 5.71. The number of aromatic nitrogens is 2. The van der Waals surface area contributed by atoms with Crippen molar-refractivity contribution in [1.29, 1.82) is 0 Å². The van der Waals surface area contributed by atoms with Gasteiger partial charge in [-0.15, -0.1) is 0 Å². The lowest BCUT2D eigenvalue weighted by Gasteiger charge is -2.33. The Morgan fingerprint density at radius 2 is 2.16 bits per heavy atom. The minimum atomic E-state index is -0.122. The molecule has 0 bridgehead atoms. The number of nitrogen functional groups attached to an aromatic ring is 1. The van der Waals surface area contributed by atoms with Gasteiger partial charge in [0.2, 0.25) is 0 Å². The van der Waals surface area contributed by atoms with Crippen LogP contribution in [0, 0.1) is 0 Å². The van der Waals surface area contributed by atoms with E-state index in [4.69, 9.17) is 10.5 Å². The van der Waals surface area contributed by atoms with Crippen LogP contribution in [-0.4, -0.2) is 15.4 Å². The fourth-order valence-corrected chi connectivity index (χ4v) is 2.48. The van der Waals surface area contributed by atoms with E-state index in [9.17, 15) is 0 Å². The van der Waals surface area contributed by atoms with Crippen molar-refractivity contribution in [2.75, 3.05) is 5.73 Å². The molecule has 2 aromatic rings. The third-order valence-corrected chi connectivity index (χ3v) is 3.66. The van der Waals surface area contributed by atoms with Crippen LogP contribution in [0.2, 0.25) is 0 Å². The first-order valence-electron chi connectivity index (χ1n) is 6.57. The van der Waals surface area contributed by atoms with E-state index in [1.54, 1.807) is 4.68 Å². The van der Waals surface area contributed by atoms with Gasteiger partial charge in [0.25, 0.3) is 0 Å². The van der Waals surface area contributed by atoms with Crippen LogP contribution < -0.4 is 10.5 Å². The second kappa shape index (κ2) is 4.02. The number of para-hydroxylation sites is 1. The van der Waals surface area contributed by atoms with Crippen molar-refractivity contribution < 1.29 is 4.74 Å². The van der Waals surface area contributed by atoms with Gasteiger partial charge in [-0.1, -0.05) is 12.1 Å². The van der Waals surface area contributed by atoms with Gasteiger partial charge in [-0.05, 0) is 38.3 Å². The highest BCUT2D eigenvalue weighted by atomic mass is 16.5. The smallest absolute Gasteiger partial charge is 0.132 e. The Balaban J connectivity index is 2.13.